The quantitative estimate of drug-likeness (QED) is 0.0195. The van der Waals surface area contributed by atoms with E-state index in [1.165, 1.54) is 225 Å². The van der Waals surface area contributed by atoms with Gasteiger partial charge in [-0.2, -0.15) is 0 Å². The minimum absolute atomic E-state index is 0.121. The maximum absolute atomic E-state index is 13.5. The normalized spacial score (nSPS) is 18.8. The highest BCUT2D eigenvalue weighted by Gasteiger charge is 2.47. The molecule has 11 heteroatoms. The number of carbonyl (C=O) groups excluding carboxylic acids is 2. The molecule has 8 atom stereocenters. The summed E-state index contributed by atoms with van der Waals surface area (Å²) in [7, 11) is 0. The topological polar surface area (TPSA) is 175 Å². The van der Waals surface area contributed by atoms with E-state index in [0.717, 1.165) is 70.6 Å². The number of aliphatic hydroxyl groups is 5. The predicted octanol–water partition coefficient (Wildman–Crippen LogP) is 17.8. The molecule has 0 bridgehead atoms. The summed E-state index contributed by atoms with van der Waals surface area (Å²) >= 11 is 0. The van der Waals surface area contributed by atoms with E-state index in [-0.39, 0.29) is 13.0 Å². The summed E-state index contributed by atoms with van der Waals surface area (Å²) in [5.74, 6) is -1.18. The van der Waals surface area contributed by atoms with Crippen LogP contribution in [0, 0.1) is 0 Å². The molecule has 82 heavy (non-hydrogen) atoms. The third-order valence-corrected chi connectivity index (χ3v) is 16.8. The van der Waals surface area contributed by atoms with Crippen LogP contribution in [0.5, 0.6) is 0 Å². The Labute approximate surface area is 504 Å². The number of rotatable bonds is 61. The number of hydrogen-bond donors (Lipinski definition) is 6. The average molecular weight is 1160 g/mol. The van der Waals surface area contributed by atoms with E-state index < -0.39 is 67.4 Å². The van der Waals surface area contributed by atoms with Gasteiger partial charge >= 0.3 is 5.97 Å². The summed E-state index contributed by atoms with van der Waals surface area (Å²) in [6.45, 7) is 5.82. The van der Waals surface area contributed by atoms with Gasteiger partial charge in [-0.25, -0.2) is 0 Å². The van der Waals surface area contributed by atoms with E-state index in [1.807, 2.05) is 6.08 Å². The fourth-order valence-electron chi connectivity index (χ4n) is 11.2. The van der Waals surface area contributed by atoms with Crippen LogP contribution < -0.4 is 5.32 Å². The van der Waals surface area contributed by atoms with E-state index in [2.05, 4.69) is 50.4 Å². The molecule has 0 aromatic rings. The Hall–Kier alpha value is -2.12. The van der Waals surface area contributed by atoms with Crippen LogP contribution in [0.25, 0.3) is 0 Å². The van der Waals surface area contributed by atoms with Gasteiger partial charge in [-0.1, -0.05) is 295 Å². The molecular formula is C71H133NO10. The Morgan fingerprint density at radius 2 is 0.805 bits per heavy atom. The first-order valence-corrected chi connectivity index (χ1v) is 35.3. The second-order valence-corrected chi connectivity index (χ2v) is 24.6. The molecule has 0 aromatic carbocycles. The molecule has 0 saturated carbocycles. The van der Waals surface area contributed by atoms with Gasteiger partial charge in [0.05, 0.1) is 25.4 Å². The van der Waals surface area contributed by atoms with Crippen LogP contribution in [-0.2, 0) is 23.8 Å². The molecule has 0 aromatic heterocycles. The smallest absolute Gasteiger partial charge is 0.306 e. The Bertz CT molecular complexity index is 1470. The Balaban J connectivity index is 2.57. The number of aliphatic hydroxyl groups excluding tert-OH is 5. The number of ether oxygens (including phenoxy) is 3. The number of nitrogens with one attached hydrogen (secondary N) is 1. The molecule has 1 amide bonds. The van der Waals surface area contributed by atoms with Gasteiger partial charge in [0, 0.05) is 6.42 Å². The van der Waals surface area contributed by atoms with Gasteiger partial charge in [-0.3, -0.25) is 9.59 Å². The van der Waals surface area contributed by atoms with E-state index in [4.69, 9.17) is 14.2 Å². The van der Waals surface area contributed by atoms with Gasteiger partial charge in [0.2, 0.25) is 5.91 Å². The minimum atomic E-state index is -1.61. The van der Waals surface area contributed by atoms with Crippen molar-refractivity contribution >= 4 is 11.9 Å². The van der Waals surface area contributed by atoms with Crippen molar-refractivity contribution in [3.8, 4) is 0 Å². The van der Waals surface area contributed by atoms with Gasteiger partial charge in [0.15, 0.2) is 12.4 Å². The van der Waals surface area contributed by atoms with E-state index in [9.17, 15) is 35.1 Å². The maximum Gasteiger partial charge on any atom is 0.306 e. The SMILES string of the molecule is CCCCCCCC/C=C/CCCCCCCCCCCCCCCCC(O)C(=O)NC(COC1OC(CO)C(O)C(O)C1OC(=O)CCCCCCCCC/C=C/CCCCCCCC)C(O)/C=C/CCCCCCCCCCCC. The van der Waals surface area contributed by atoms with Crippen LogP contribution in [-0.4, -0.2) is 99.6 Å². The molecule has 1 saturated heterocycles. The number of allylic oxidation sites excluding steroid dienone is 5. The van der Waals surface area contributed by atoms with E-state index >= 15 is 0 Å². The molecule has 482 valence electrons. The molecule has 1 heterocycles. The van der Waals surface area contributed by atoms with E-state index in [0.29, 0.717) is 19.3 Å². The molecule has 0 radical (unpaired) electrons. The van der Waals surface area contributed by atoms with Crippen molar-refractivity contribution in [2.75, 3.05) is 13.2 Å². The molecule has 8 unspecified atom stereocenters. The number of carbonyl (C=O) groups is 2. The molecule has 0 spiro atoms. The van der Waals surface area contributed by atoms with Crippen molar-refractivity contribution in [1.82, 2.24) is 5.32 Å². The zero-order valence-corrected chi connectivity index (χ0v) is 53.6. The van der Waals surface area contributed by atoms with Crippen LogP contribution in [0.1, 0.15) is 342 Å². The number of hydrogen-bond acceptors (Lipinski definition) is 10. The Kier molecular flexibility index (Phi) is 56.3. The standard InChI is InChI=1S/C71H133NO10/c1-4-7-10-13-16-19-22-25-27-29-30-31-32-33-34-35-37-38-40-43-46-49-52-55-58-64(75)70(79)72-62(63(74)57-54-51-48-45-42-24-21-18-15-12-9-6-3)61-80-71-69(68(78)67(77)65(60-73)81-71)82-66(76)59-56-53-50-47-44-41-39-36-28-26-23-20-17-14-11-8-5-2/h25-28,54,57,62-65,67-69,71,73-75,77-78H,4-24,29-53,55-56,58-61H2,1-3H3,(H,72,79)/b27-25+,28-26+,57-54+. The summed E-state index contributed by atoms with van der Waals surface area (Å²) in [5, 5.41) is 57.2. The number of unbranched alkanes of at least 4 members (excludes halogenated alkanes) is 43. The second-order valence-electron chi connectivity index (χ2n) is 24.6. The van der Waals surface area contributed by atoms with Crippen molar-refractivity contribution in [3.05, 3.63) is 36.5 Å². The number of amides is 1. The molecule has 1 aliphatic heterocycles. The summed E-state index contributed by atoms with van der Waals surface area (Å²) in [4.78, 5) is 26.6. The third-order valence-electron chi connectivity index (χ3n) is 16.8. The van der Waals surface area contributed by atoms with Crippen LogP contribution >= 0.6 is 0 Å². The Morgan fingerprint density at radius 3 is 1.18 bits per heavy atom. The highest BCUT2D eigenvalue weighted by molar-refractivity contribution is 5.80. The summed E-state index contributed by atoms with van der Waals surface area (Å²) in [5.41, 5.74) is 0. The van der Waals surface area contributed by atoms with Gasteiger partial charge in [0.1, 0.15) is 24.4 Å². The zero-order chi connectivity index (χ0) is 59.6. The lowest BCUT2D eigenvalue weighted by Gasteiger charge is -2.41. The molecule has 11 nitrogen and oxygen atoms in total. The van der Waals surface area contributed by atoms with Crippen LogP contribution in [0.2, 0.25) is 0 Å². The van der Waals surface area contributed by atoms with Crippen molar-refractivity contribution in [2.24, 2.45) is 0 Å². The molecular weight excluding hydrogens is 1030 g/mol. The lowest BCUT2D eigenvalue weighted by atomic mass is 9.99. The van der Waals surface area contributed by atoms with Crippen LogP contribution in [0.3, 0.4) is 0 Å². The van der Waals surface area contributed by atoms with E-state index in [1.54, 1.807) is 6.08 Å². The van der Waals surface area contributed by atoms with Crippen molar-refractivity contribution in [3.63, 3.8) is 0 Å². The third kappa shape index (κ3) is 46.1. The molecule has 1 rings (SSSR count). The minimum Gasteiger partial charge on any atom is -0.454 e. The summed E-state index contributed by atoms with van der Waals surface area (Å²) < 4.78 is 17.7. The lowest BCUT2D eigenvalue weighted by molar-refractivity contribution is -0.305. The summed E-state index contributed by atoms with van der Waals surface area (Å²) in [6, 6.07) is -1.02. The average Bonchev–Trinajstić information content (AvgIpc) is 3.68. The first-order chi connectivity index (χ1) is 40.2. The van der Waals surface area contributed by atoms with Crippen LogP contribution in [0.4, 0.5) is 0 Å². The highest BCUT2D eigenvalue weighted by atomic mass is 16.7. The first-order valence-electron chi connectivity index (χ1n) is 35.3. The second kappa shape index (κ2) is 59.2. The lowest BCUT2D eigenvalue weighted by Crippen LogP contribution is -2.61. The highest BCUT2D eigenvalue weighted by Crippen LogP contribution is 2.26. The zero-order valence-electron chi connectivity index (χ0n) is 53.6. The number of esters is 1. The predicted molar refractivity (Wildman–Crippen MR) is 343 cm³/mol. The van der Waals surface area contributed by atoms with Gasteiger partial charge in [-0.15, -0.1) is 0 Å². The molecule has 0 aliphatic carbocycles. The molecule has 1 fully saturated rings. The van der Waals surface area contributed by atoms with Crippen molar-refractivity contribution in [2.45, 2.75) is 391 Å². The molecule has 1 aliphatic rings. The van der Waals surface area contributed by atoms with Gasteiger partial charge in [0.25, 0.3) is 0 Å². The fraction of sp³-hybridized carbons (Fsp3) is 0.887. The largest absolute Gasteiger partial charge is 0.454 e. The van der Waals surface area contributed by atoms with Crippen LogP contribution in [0.15, 0.2) is 36.5 Å². The van der Waals surface area contributed by atoms with Crippen molar-refractivity contribution in [1.29, 1.82) is 0 Å². The summed E-state index contributed by atoms with van der Waals surface area (Å²) in [6.07, 6.45) is 61.9. The Morgan fingerprint density at radius 1 is 0.463 bits per heavy atom. The first kappa shape index (κ1) is 77.9. The van der Waals surface area contributed by atoms with Gasteiger partial charge in [-0.05, 0) is 77.0 Å². The molecule has 6 N–H and O–H groups in total. The maximum atomic E-state index is 13.5. The monoisotopic (exact) mass is 1160 g/mol. The van der Waals surface area contributed by atoms with Gasteiger partial charge < -0.3 is 45.1 Å². The fourth-order valence-corrected chi connectivity index (χ4v) is 11.2. The van der Waals surface area contributed by atoms with Crippen molar-refractivity contribution < 1.29 is 49.3 Å².